The minimum absolute atomic E-state index is 0.223. The number of rotatable bonds is 2. The highest BCUT2D eigenvalue weighted by molar-refractivity contribution is 5.34. The molecule has 3 rings (SSSR count). The Balaban J connectivity index is 2.00. The first kappa shape index (κ1) is 14.3. The Kier molecular flexibility index (Phi) is 3.40. The van der Waals surface area contributed by atoms with Crippen molar-refractivity contribution in [3.05, 3.63) is 48.3 Å². The number of aromatic nitrogens is 2. The van der Waals surface area contributed by atoms with Crippen molar-refractivity contribution >= 4 is 0 Å². The molecule has 1 heterocycles. The Labute approximate surface area is 126 Å². The van der Waals surface area contributed by atoms with Gasteiger partial charge in [-0.25, -0.2) is 4.68 Å². The van der Waals surface area contributed by atoms with Gasteiger partial charge in [0.2, 0.25) is 0 Å². The molecule has 112 valence electrons. The molecule has 1 N–H and O–H groups in total. The maximum atomic E-state index is 11.3. The summed E-state index contributed by atoms with van der Waals surface area (Å²) >= 11 is 0. The second-order valence-electron chi connectivity index (χ2n) is 7.16. The van der Waals surface area contributed by atoms with Crippen molar-refractivity contribution in [1.29, 1.82) is 0 Å². The summed E-state index contributed by atoms with van der Waals surface area (Å²) in [4.78, 5) is 0. The summed E-state index contributed by atoms with van der Waals surface area (Å²) in [7, 11) is 0. The number of para-hydroxylation sites is 1. The van der Waals surface area contributed by atoms with E-state index < -0.39 is 5.60 Å². The first-order chi connectivity index (χ1) is 9.92. The molecule has 1 aliphatic rings. The minimum Gasteiger partial charge on any atom is -0.383 e. The zero-order chi connectivity index (χ0) is 15.1. The highest BCUT2D eigenvalue weighted by atomic mass is 16.3. The molecule has 2 unspecified atom stereocenters. The van der Waals surface area contributed by atoms with Crippen LogP contribution in [-0.4, -0.2) is 14.9 Å². The fourth-order valence-electron chi connectivity index (χ4n) is 3.66. The van der Waals surface area contributed by atoms with E-state index in [0.29, 0.717) is 5.41 Å². The van der Waals surface area contributed by atoms with Crippen LogP contribution in [0.2, 0.25) is 0 Å². The molecule has 1 aliphatic carbocycles. The smallest absolute Gasteiger partial charge is 0.109 e. The second-order valence-corrected chi connectivity index (χ2v) is 7.16. The molecule has 1 fully saturated rings. The molecular formula is C18H24N2O. The van der Waals surface area contributed by atoms with Crippen LogP contribution < -0.4 is 0 Å². The van der Waals surface area contributed by atoms with E-state index in [1.807, 2.05) is 41.1 Å². The third kappa shape index (κ3) is 2.51. The maximum absolute atomic E-state index is 11.3. The summed E-state index contributed by atoms with van der Waals surface area (Å²) in [5.74, 6) is 0.223. The number of hydrogen-bond acceptors (Lipinski definition) is 2. The fourth-order valence-corrected chi connectivity index (χ4v) is 3.66. The standard InChI is InChI=1S/C18H24N2O/c1-14-13-17(2,3)10-11-18(14,21)16-9-12-19-20(16)15-7-5-4-6-8-15/h4-9,12,14,21H,10-11,13H2,1-3H3. The van der Waals surface area contributed by atoms with Crippen molar-refractivity contribution in [2.75, 3.05) is 0 Å². The van der Waals surface area contributed by atoms with Crippen LogP contribution >= 0.6 is 0 Å². The van der Waals surface area contributed by atoms with Crippen molar-refractivity contribution in [2.45, 2.75) is 45.6 Å². The van der Waals surface area contributed by atoms with Crippen LogP contribution in [0.3, 0.4) is 0 Å². The third-order valence-electron chi connectivity index (χ3n) is 4.94. The minimum atomic E-state index is -0.790. The molecule has 0 amide bonds. The first-order valence-electron chi connectivity index (χ1n) is 7.75. The van der Waals surface area contributed by atoms with Gasteiger partial charge in [0.05, 0.1) is 11.4 Å². The monoisotopic (exact) mass is 284 g/mol. The zero-order valence-electron chi connectivity index (χ0n) is 13.1. The summed E-state index contributed by atoms with van der Waals surface area (Å²) < 4.78 is 1.88. The lowest BCUT2D eigenvalue weighted by Crippen LogP contribution is -2.43. The lowest BCUT2D eigenvalue weighted by atomic mass is 9.64. The second kappa shape index (κ2) is 4.99. The quantitative estimate of drug-likeness (QED) is 0.908. The van der Waals surface area contributed by atoms with Gasteiger partial charge in [-0.3, -0.25) is 0 Å². The predicted octanol–water partition coefficient (Wildman–Crippen LogP) is 3.91. The predicted molar refractivity (Wildman–Crippen MR) is 84.3 cm³/mol. The normalized spacial score (nSPS) is 28.5. The van der Waals surface area contributed by atoms with Crippen LogP contribution in [0.1, 0.15) is 45.7 Å². The van der Waals surface area contributed by atoms with Crippen LogP contribution in [0, 0.1) is 11.3 Å². The molecule has 2 aromatic rings. The highest BCUT2D eigenvalue weighted by Crippen LogP contribution is 2.48. The van der Waals surface area contributed by atoms with Gasteiger partial charge in [-0.1, -0.05) is 39.0 Å². The number of hydrogen-bond donors (Lipinski definition) is 1. The van der Waals surface area contributed by atoms with Crippen molar-refractivity contribution in [3.63, 3.8) is 0 Å². The number of nitrogens with zero attached hydrogens (tertiary/aromatic N) is 2. The van der Waals surface area contributed by atoms with Gasteiger partial charge in [0, 0.05) is 6.20 Å². The van der Waals surface area contributed by atoms with Crippen LogP contribution in [-0.2, 0) is 5.60 Å². The van der Waals surface area contributed by atoms with E-state index in [1.54, 1.807) is 6.20 Å². The summed E-state index contributed by atoms with van der Waals surface area (Å²) in [6, 6.07) is 12.0. The molecular weight excluding hydrogens is 260 g/mol. The van der Waals surface area contributed by atoms with Crippen LogP contribution in [0.25, 0.3) is 5.69 Å². The lowest BCUT2D eigenvalue weighted by molar-refractivity contribution is -0.0815. The Morgan fingerprint density at radius 3 is 2.52 bits per heavy atom. The van der Waals surface area contributed by atoms with Gasteiger partial charge in [-0.15, -0.1) is 0 Å². The Hall–Kier alpha value is -1.61. The molecule has 0 bridgehead atoms. The van der Waals surface area contributed by atoms with Gasteiger partial charge in [-0.05, 0) is 48.8 Å². The lowest BCUT2D eigenvalue weighted by Gasteiger charge is -2.45. The van der Waals surface area contributed by atoms with Crippen LogP contribution in [0.15, 0.2) is 42.6 Å². The summed E-state index contributed by atoms with van der Waals surface area (Å²) in [5.41, 5.74) is 1.44. The first-order valence-corrected chi connectivity index (χ1v) is 7.75. The molecule has 0 aliphatic heterocycles. The van der Waals surface area contributed by atoms with E-state index in [9.17, 15) is 5.11 Å². The van der Waals surface area contributed by atoms with E-state index in [-0.39, 0.29) is 5.92 Å². The molecule has 3 nitrogen and oxygen atoms in total. The van der Waals surface area contributed by atoms with Crippen LogP contribution in [0.4, 0.5) is 0 Å². The molecule has 21 heavy (non-hydrogen) atoms. The fraction of sp³-hybridized carbons (Fsp3) is 0.500. The van der Waals surface area contributed by atoms with E-state index in [0.717, 1.165) is 30.6 Å². The highest BCUT2D eigenvalue weighted by Gasteiger charge is 2.45. The number of benzene rings is 1. The number of aliphatic hydroxyl groups is 1. The molecule has 2 atom stereocenters. The van der Waals surface area contributed by atoms with Gasteiger partial charge in [0.1, 0.15) is 5.60 Å². The maximum Gasteiger partial charge on any atom is 0.109 e. The Bertz CT molecular complexity index is 617. The summed E-state index contributed by atoms with van der Waals surface area (Å²) in [5, 5.41) is 15.7. The largest absolute Gasteiger partial charge is 0.383 e. The zero-order valence-corrected chi connectivity index (χ0v) is 13.1. The van der Waals surface area contributed by atoms with E-state index in [1.165, 1.54) is 0 Å². The van der Waals surface area contributed by atoms with E-state index >= 15 is 0 Å². The molecule has 1 aromatic heterocycles. The average molecular weight is 284 g/mol. The summed E-state index contributed by atoms with van der Waals surface area (Å²) in [6.07, 6.45) is 4.64. The van der Waals surface area contributed by atoms with Gasteiger partial charge < -0.3 is 5.11 Å². The van der Waals surface area contributed by atoms with Crippen LogP contribution in [0.5, 0.6) is 0 Å². The molecule has 1 aromatic carbocycles. The molecule has 0 radical (unpaired) electrons. The topological polar surface area (TPSA) is 38.1 Å². The molecule has 0 saturated heterocycles. The van der Waals surface area contributed by atoms with Gasteiger partial charge in [-0.2, -0.15) is 5.10 Å². The molecule has 3 heteroatoms. The van der Waals surface area contributed by atoms with Gasteiger partial charge >= 0.3 is 0 Å². The van der Waals surface area contributed by atoms with Gasteiger partial charge in [0.25, 0.3) is 0 Å². The average Bonchev–Trinajstić information content (AvgIpc) is 2.94. The van der Waals surface area contributed by atoms with Crippen molar-refractivity contribution < 1.29 is 5.11 Å². The molecule has 1 saturated carbocycles. The Morgan fingerprint density at radius 2 is 1.86 bits per heavy atom. The Morgan fingerprint density at radius 1 is 1.14 bits per heavy atom. The van der Waals surface area contributed by atoms with E-state index in [2.05, 4.69) is 25.9 Å². The van der Waals surface area contributed by atoms with Crippen molar-refractivity contribution in [3.8, 4) is 5.69 Å². The van der Waals surface area contributed by atoms with Gasteiger partial charge in [0.15, 0.2) is 0 Å². The van der Waals surface area contributed by atoms with Crippen molar-refractivity contribution in [1.82, 2.24) is 9.78 Å². The molecule has 0 spiro atoms. The van der Waals surface area contributed by atoms with E-state index in [4.69, 9.17) is 0 Å². The SMILES string of the molecule is CC1CC(C)(C)CCC1(O)c1ccnn1-c1ccccc1. The summed E-state index contributed by atoms with van der Waals surface area (Å²) in [6.45, 7) is 6.73. The van der Waals surface area contributed by atoms with Crippen molar-refractivity contribution in [2.24, 2.45) is 11.3 Å². The third-order valence-corrected chi connectivity index (χ3v) is 4.94.